The Morgan fingerprint density at radius 3 is 2.62 bits per heavy atom. The summed E-state index contributed by atoms with van der Waals surface area (Å²) in [5.41, 5.74) is 0.222. The number of carbonyl (C=O) groups is 2. The summed E-state index contributed by atoms with van der Waals surface area (Å²) in [5, 5.41) is 2.72. The molecule has 6 nitrogen and oxygen atoms in total. The van der Waals surface area contributed by atoms with Gasteiger partial charge in [0.1, 0.15) is 11.4 Å². The van der Waals surface area contributed by atoms with E-state index in [1.165, 1.54) is 6.42 Å². The summed E-state index contributed by atoms with van der Waals surface area (Å²) < 4.78 is 5.19. The van der Waals surface area contributed by atoms with E-state index < -0.39 is 11.7 Å². The average Bonchev–Trinajstić information content (AvgIpc) is 2.60. The molecular formula is C20H31N3O3. The van der Waals surface area contributed by atoms with E-state index in [2.05, 4.69) is 15.2 Å². The predicted octanol–water partition coefficient (Wildman–Crippen LogP) is 3.95. The standard InChI is InChI=1S/C20H31N3O3/c1-20(2,3)26-19(25)22-12-6-5-11-17(24)16-10-9-13-21-18(16)23-14-7-4-8-15-23/h9-10,13H,4-8,11-12,14-15H2,1-3H3,(H,22,25). The number of alkyl carbamates (subject to hydrolysis) is 1. The molecule has 0 saturated carbocycles. The summed E-state index contributed by atoms with van der Waals surface area (Å²) in [4.78, 5) is 30.9. The van der Waals surface area contributed by atoms with Gasteiger partial charge in [0, 0.05) is 32.3 Å². The minimum Gasteiger partial charge on any atom is -0.444 e. The summed E-state index contributed by atoms with van der Waals surface area (Å²) in [6, 6.07) is 3.70. The van der Waals surface area contributed by atoms with Crippen molar-refractivity contribution in [3.05, 3.63) is 23.9 Å². The number of amides is 1. The van der Waals surface area contributed by atoms with Crippen LogP contribution in [0.5, 0.6) is 0 Å². The molecule has 26 heavy (non-hydrogen) atoms. The zero-order valence-electron chi connectivity index (χ0n) is 16.2. The quantitative estimate of drug-likeness (QED) is 0.588. The first-order valence-corrected chi connectivity index (χ1v) is 9.57. The number of unbranched alkanes of at least 4 members (excludes halogenated alkanes) is 1. The molecule has 6 heteroatoms. The van der Waals surface area contributed by atoms with E-state index in [0.717, 1.165) is 50.2 Å². The maximum absolute atomic E-state index is 12.6. The van der Waals surface area contributed by atoms with E-state index in [1.807, 2.05) is 32.9 Å². The largest absolute Gasteiger partial charge is 0.444 e. The Morgan fingerprint density at radius 1 is 1.19 bits per heavy atom. The number of hydrogen-bond donors (Lipinski definition) is 1. The minimum absolute atomic E-state index is 0.121. The van der Waals surface area contributed by atoms with E-state index >= 15 is 0 Å². The van der Waals surface area contributed by atoms with Crippen LogP contribution < -0.4 is 10.2 Å². The first-order valence-electron chi connectivity index (χ1n) is 9.57. The molecule has 1 amide bonds. The molecule has 1 N–H and O–H groups in total. The van der Waals surface area contributed by atoms with Crippen LogP contribution in [-0.2, 0) is 4.74 Å². The zero-order chi connectivity index (χ0) is 19.0. The number of hydrogen-bond acceptors (Lipinski definition) is 5. The van der Waals surface area contributed by atoms with Crippen molar-refractivity contribution in [3.63, 3.8) is 0 Å². The van der Waals surface area contributed by atoms with E-state index in [4.69, 9.17) is 4.74 Å². The van der Waals surface area contributed by atoms with Crippen molar-refractivity contribution >= 4 is 17.7 Å². The number of nitrogens with one attached hydrogen (secondary N) is 1. The van der Waals surface area contributed by atoms with Crippen molar-refractivity contribution in [2.24, 2.45) is 0 Å². The second-order valence-corrected chi connectivity index (χ2v) is 7.73. The van der Waals surface area contributed by atoms with E-state index in [1.54, 1.807) is 6.20 Å². The van der Waals surface area contributed by atoms with Gasteiger partial charge < -0.3 is 15.0 Å². The molecule has 1 fully saturated rings. The number of rotatable bonds is 7. The molecule has 1 aliphatic heterocycles. The van der Waals surface area contributed by atoms with Crippen LogP contribution in [0.15, 0.2) is 18.3 Å². The number of ether oxygens (including phenoxy) is 1. The first-order chi connectivity index (χ1) is 12.4. The number of carbonyl (C=O) groups excluding carboxylic acids is 2. The molecule has 0 unspecified atom stereocenters. The van der Waals surface area contributed by atoms with Gasteiger partial charge in [-0.25, -0.2) is 9.78 Å². The molecule has 144 valence electrons. The third-order valence-electron chi connectivity index (χ3n) is 4.24. The van der Waals surface area contributed by atoms with Crippen molar-refractivity contribution in [2.75, 3.05) is 24.5 Å². The summed E-state index contributed by atoms with van der Waals surface area (Å²) in [6.07, 6.45) is 6.82. The monoisotopic (exact) mass is 361 g/mol. The van der Waals surface area contributed by atoms with Crippen molar-refractivity contribution in [2.45, 2.75) is 64.9 Å². The third-order valence-corrected chi connectivity index (χ3v) is 4.24. The highest BCUT2D eigenvalue weighted by Crippen LogP contribution is 2.23. The summed E-state index contributed by atoms with van der Waals surface area (Å²) in [7, 11) is 0. The topological polar surface area (TPSA) is 71.5 Å². The lowest BCUT2D eigenvalue weighted by molar-refractivity contribution is 0.0527. The lowest BCUT2D eigenvalue weighted by atomic mass is 10.0. The lowest BCUT2D eigenvalue weighted by Crippen LogP contribution is -2.33. The predicted molar refractivity (Wildman–Crippen MR) is 103 cm³/mol. The Bertz CT molecular complexity index is 605. The molecule has 0 aromatic carbocycles. The van der Waals surface area contributed by atoms with E-state index in [9.17, 15) is 9.59 Å². The maximum atomic E-state index is 12.6. The molecule has 0 aliphatic carbocycles. The number of ketones is 1. The van der Waals surface area contributed by atoms with E-state index in [0.29, 0.717) is 13.0 Å². The Labute approximate surface area is 156 Å². The Morgan fingerprint density at radius 2 is 1.92 bits per heavy atom. The van der Waals surface area contributed by atoms with Gasteiger partial charge in [-0.3, -0.25) is 4.79 Å². The van der Waals surface area contributed by atoms with Gasteiger partial charge in [0.15, 0.2) is 5.78 Å². The fourth-order valence-corrected chi connectivity index (χ4v) is 3.02. The van der Waals surface area contributed by atoms with Gasteiger partial charge in [-0.15, -0.1) is 0 Å². The Kier molecular flexibility index (Phi) is 7.42. The highest BCUT2D eigenvalue weighted by molar-refractivity contribution is 6.00. The fraction of sp³-hybridized carbons (Fsp3) is 0.650. The van der Waals surface area contributed by atoms with Gasteiger partial charge in [-0.1, -0.05) is 0 Å². The molecule has 2 heterocycles. The zero-order valence-corrected chi connectivity index (χ0v) is 16.2. The Hall–Kier alpha value is -2.11. The lowest BCUT2D eigenvalue weighted by Gasteiger charge is -2.29. The Balaban J connectivity index is 1.77. The van der Waals surface area contributed by atoms with Gasteiger partial charge in [-0.2, -0.15) is 0 Å². The molecule has 2 rings (SSSR count). The average molecular weight is 361 g/mol. The van der Waals surface area contributed by atoms with Crippen LogP contribution in [0.1, 0.15) is 69.7 Å². The second kappa shape index (κ2) is 9.55. The van der Waals surface area contributed by atoms with Gasteiger partial charge in [0.2, 0.25) is 0 Å². The van der Waals surface area contributed by atoms with Crippen LogP contribution in [0.4, 0.5) is 10.6 Å². The van der Waals surface area contributed by atoms with Gasteiger partial charge in [0.05, 0.1) is 5.56 Å². The van der Waals surface area contributed by atoms with Gasteiger partial charge in [0.25, 0.3) is 0 Å². The number of pyridine rings is 1. The summed E-state index contributed by atoms with van der Waals surface area (Å²) >= 11 is 0. The highest BCUT2D eigenvalue weighted by atomic mass is 16.6. The molecule has 1 saturated heterocycles. The molecule has 0 atom stereocenters. The number of Topliss-reactive ketones (excluding diaryl/α,β-unsaturated/α-hetero) is 1. The number of nitrogens with zero attached hydrogens (tertiary/aromatic N) is 2. The van der Waals surface area contributed by atoms with Crippen LogP contribution in [0.25, 0.3) is 0 Å². The molecule has 1 aliphatic rings. The van der Waals surface area contributed by atoms with Crippen molar-refractivity contribution in [3.8, 4) is 0 Å². The number of anilines is 1. The number of piperidine rings is 1. The van der Waals surface area contributed by atoms with Gasteiger partial charge in [-0.05, 0) is 65.0 Å². The molecular weight excluding hydrogens is 330 g/mol. The summed E-state index contributed by atoms with van der Waals surface area (Å²) in [6.45, 7) is 7.94. The number of aromatic nitrogens is 1. The second-order valence-electron chi connectivity index (χ2n) is 7.73. The van der Waals surface area contributed by atoms with Crippen molar-refractivity contribution in [1.82, 2.24) is 10.3 Å². The smallest absolute Gasteiger partial charge is 0.407 e. The molecule has 0 bridgehead atoms. The fourth-order valence-electron chi connectivity index (χ4n) is 3.02. The van der Waals surface area contributed by atoms with Crippen LogP contribution in [0, 0.1) is 0 Å². The minimum atomic E-state index is -0.495. The highest BCUT2D eigenvalue weighted by Gasteiger charge is 2.19. The first kappa shape index (κ1) is 20.2. The summed E-state index contributed by atoms with van der Waals surface area (Å²) in [5.74, 6) is 0.944. The normalized spacial score (nSPS) is 14.8. The van der Waals surface area contributed by atoms with Crippen molar-refractivity contribution < 1.29 is 14.3 Å². The van der Waals surface area contributed by atoms with Crippen LogP contribution in [0.2, 0.25) is 0 Å². The van der Waals surface area contributed by atoms with Crippen LogP contribution in [-0.4, -0.2) is 42.1 Å². The molecule has 0 spiro atoms. The van der Waals surface area contributed by atoms with Crippen LogP contribution >= 0.6 is 0 Å². The van der Waals surface area contributed by atoms with Gasteiger partial charge >= 0.3 is 6.09 Å². The molecule has 1 aromatic heterocycles. The molecule has 1 aromatic rings. The molecule has 0 radical (unpaired) electrons. The third kappa shape index (κ3) is 6.65. The van der Waals surface area contributed by atoms with E-state index in [-0.39, 0.29) is 5.78 Å². The van der Waals surface area contributed by atoms with Crippen molar-refractivity contribution in [1.29, 1.82) is 0 Å². The SMILES string of the molecule is CC(C)(C)OC(=O)NCCCCC(=O)c1cccnc1N1CCCCC1. The maximum Gasteiger partial charge on any atom is 0.407 e. The van der Waals surface area contributed by atoms with Crippen LogP contribution in [0.3, 0.4) is 0 Å².